The molecule has 5 aromatic rings. The number of carbonyl (C=O) groups is 3. The molecule has 1 unspecified atom stereocenters. The maximum Gasteiger partial charge on any atom is 0.262 e. The Bertz CT molecular complexity index is 2230. The summed E-state index contributed by atoms with van der Waals surface area (Å²) >= 11 is 0. The average molecular weight is 756 g/mol. The van der Waals surface area contributed by atoms with Crippen molar-refractivity contribution in [2.45, 2.75) is 51.0 Å². The summed E-state index contributed by atoms with van der Waals surface area (Å²) in [6.07, 6.45) is 11.5. The summed E-state index contributed by atoms with van der Waals surface area (Å²) in [7, 11) is 0. The lowest BCUT2D eigenvalue weighted by Crippen LogP contribution is -2.51. The number of unbranched alkanes of at least 4 members (excludes halogenated alkanes) is 2. The van der Waals surface area contributed by atoms with Crippen LogP contribution in [-0.2, 0) is 16.0 Å². The molecule has 3 aliphatic rings. The van der Waals surface area contributed by atoms with Gasteiger partial charge in [-0.2, -0.15) is 0 Å². The summed E-state index contributed by atoms with van der Waals surface area (Å²) in [5.74, 6) is -0.723. The van der Waals surface area contributed by atoms with Crippen LogP contribution in [0.2, 0.25) is 0 Å². The van der Waals surface area contributed by atoms with Gasteiger partial charge in [0.25, 0.3) is 11.8 Å². The van der Waals surface area contributed by atoms with Crippen molar-refractivity contribution in [1.29, 1.82) is 0 Å². The number of carbonyl (C=O) groups excluding carboxylic acids is 3. The van der Waals surface area contributed by atoms with E-state index < -0.39 is 17.9 Å². The molecule has 6 heterocycles. The number of aryl methyl sites for hydroxylation is 1. The van der Waals surface area contributed by atoms with Crippen LogP contribution < -0.4 is 10.1 Å². The van der Waals surface area contributed by atoms with Crippen molar-refractivity contribution in [3.05, 3.63) is 102 Å². The fraction of sp³-hybridized carbons (Fsp3) is 0.386. The van der Waals surface area contributed by atoms with Gasteiger partial charge in [-0.1, -0.05) is 24.8 Å². The standard InChI is InChI=1S/C44H49N7O5/c1-30-7-14-41(42(52)47-30)51-43(53)36-13-11-34(27-37(36)44(51)54)56-24-4-2-3-23-55-25-22-50-20-18-49(19-21-50)17-5-6-33-10-8-32(28-46-33)31-9-12-35-38-29-45-16-15-39(38)48-40(35)26-31/h8-13,15-16,26-29,41,48H,1-7,14,17-25H2,(H,47,52). The Labute approximate surface area is 326 Å². The lowest BCUT2D eigenvalue weighted by atomic mass is 10.0. The molecule has 12 nitrogen and oxygen atoms in total. The molecule has 3 aromatic heterocycles. The van der Waals surface area contributed by atoms with Gasteiger partial charge in [0.2, 0.25) is 5.91 Å². The zero-order valence-corrected chi connectivity index (χ0v) is 31.8. The molecular weight excluding hydrogens is 707 g/mol. The van der Waals surface area contributed by atoms with E-state index in [9.17, 15) is 14.4 Å². The van der Waals surface area contributed by atoms with E-state index >= 15 is 0 Å². The Morgan fingerprint density at radius 2 is 1.55 bits per heavy atom. The van der Waals surface area contributed by atoms with Gasteiger partial charge < -0.3 is 24.7 Å². The van der Waals surface area contributed by atoms with E-state index in [1.807, 2.05) is 24.7 Å². The lowest BCUT2D eigenvalue weighted by molar-refractivity contribution is -0.125. The first-order valence-electron chi connectivity index (χ1n) is 19.9. The number of piperidine rings is 1. The van der Waals surface area contributed by atoms with Gasteiger partial charge in [0.05, 0.1) is 24.3 Å². The Morgan fingerprint density at radius 3 is 2.38 bits per heavy atom. The predicted octanol–water partition coefficient (Wildman–Crippen LogP) is 5.98. The molecule has 0 saturated carbocycles. The molecule has 0 spiro atoms. The van der Waals surface area contributed by atoms with Crippen molar-refractivity contribution < 1.29 is 23.9 Å². The summed E-state index contributed by atoms with van der Waals surface area (Å²) in [4.78, 5) is 57.2. The normalized spacial score (nSPS) is 17.9. The summed E-state index contributed by atoms with van der Waals surface area (Å²) in [6, 6.07) is 17.0. The van der Waals surface area contributed by atoms with Crippen LogP contribution in [-0.4, -0.2) is 113 Å². The minimum atomic E-state index is -0.821. The van der Waals surface area contributed by atoms with E-state index in [4.69, 9.17) is 14.5 Å². The zero-order chi connectivity index (χ0) is 38.4. The molecule has 2 saturated heterocycles. The average Bonchev–Trinajstić information content (AvgIpc) is 3.71. The number of aromatic nitrogens is 3. The number of ether oxygens (including phenoxy) is 2. The van der Waals surface area contributed by atoms with Crippen molar-refractivity contribution in [3.8, 4) is 16.9 Å². The van der Waals surface area contributed by atoms with Crippen molar-refractivity contribution >= 4 is 39.5 Å². The second kappa shape index (κ2) is 17.2. The van der Waals surface area contributed by atoms with Gasteiger partial charge in [-0.25, -0.2) is 0 Å². The molecule has 290 valence electrons. The minimum absolute atomic E-state index is 0.282. The number of hydrogen-bond donors (Lipinski definition) is 2. The van der Waals surface area contributed by atoms with Crippen molar-refractivity contribution in [3.63, 3.8) is 0 Å². The number of amides is 3. The van der Waals surface area contributed by atoms with E-state index in [1.165, 1.54) is 5.39 Å². The molecule has 1 atom stereocenters. The van der Waals surface area contributed by atoms with E-state index in [1.54, 1.807) is 18.2 Å². The molecule has 0 aliphatic carbocycles. The number of H-pyrrole nitrogens is 1. The number of hydrogen-bond acceptors (Lipinski definition) is 9. The monoisotopic (exact) mass is 755 g/mol. The lowest BCUT2D eigenvalue weighted by Gasteiger charge is -2.34. The molecule has 56 heavy (non-hydrogen) atoms. The Balaban J connectivity index is 0.662. The van der Waals surface area contributed by atoms with Crippen LogP contribution in [0.1, 0.15) is 64.9 Å². The third-order valence-corrected chi connectivity index (χ3v) is 11.2. The van der Waals surface area contributed by atoms with Crippen LogP contribution >= 0.6 is 0 Å². The number of aromatic amines is 1. The predicted molar refractivity (Wildman–Crippen MR) is 215 cm³/mol. The van der Waals surface area contributed by atoms with Crippen molar-refractivity contribution in [2.75, 3.05) is 59.1 Å². The van der Waals surface area contributed by atoms with Crippen molar-refractivity contribution in [1.82, 2.24) is 35.0 Å². The topological polar surface area (TPSA) is 133 Å². The maximum atomic E-state index is 13.1. The summed E-state index contributed by atoms with van der Waals surface area (Å²) in [5.41, 5.74) is 6.83. The number of pyridine rings is 2. The fourth-order valence-corrected chi connectivity index (χ4v) is 7.98. The molecule has 12 heteroatoms. The second-order valence-corrected chi connectivity index (χ2v) is 15.0. The van der Waals surface area contributed by atoms with Crippen molar-refractivity contribution in [2.24, 2.45) is 0 Å². The Hall–Kier alpha value is -5.43. The molecule has 3 aliphatic heterocycles. The number of rotatable bonds is 16. The highest BCUT2D eigenvalue weighted by Gasteiger charge is 2.44. The first-order valence-corrected chi connectivity index (χ1v) is 19.9. The Morgan fingerprint density at radius 1 is 0.750 bits per heavy atom. The quantitative estimate of drug-likeness (QED) is 0.0922. The highest BCUT2D eigenvalue weighted by atomic mass is 16.5. The van der Waals surface area contributed by atoms with Crippen LogP contribution in [0.5, 0.6) is 5.75 Å². The SMILES string of the molecule is C=C1CCC(N2C(=O)c3ccc(OCCCCCOCCN4CCN(CCCc5ccc(-c6ccc7c(c6)[nH]c6ccncc67)cn5)CC4)cc3C2=O)C(=O)N1. The smallest absolute Gasteiger partial charge is 0.262 e. The first-order chi connectivity index (χ1) is 27.4. The van der Waals surface area contributed by atoms with E-state index in [0.29, 0.717) is 36.5 Å². The molecular formula is C44H49N7O5. The van der Waals surface area contributed by atoms with Gasteiger partial charge in [0, 0.05) is 96.7 Å². The maximum absolute atomic E-state index is 13.1. The summed E-state index contributed by atoms with van der Waals surface area (Å²) < 4.78 is 11.8. The zero-order valence-electron chi connectivity index (χ0n) is 31.8. The molecule has 2 aromatic carbocycles. The van der Waals surface area contributed by atoms with Crippen LogP contribution in [0.25, 0.3) is 32.9 Å². The van der Waals surface area contributed by atoms with Crippen LogP contribution in [0.15, 0.2) is 85.5 Å². The number of nitrogens with one attached hydrogen (secondary N) is 2. The highest BCUT2D eigenvalue weighted by molar-refractivity contribution is 6.23. The minimum Gasteiger partial charge on any atom is -0.494 e. The molecule has 2 fully saturated rings. The van der Waals surface area contributed by atoms with E-state index in [0.717, 1.165) is 123 Å². The first kappa shape index (κ1) is 37.5. The Kier molecular flexibility index (Phi) is 11.5. The molecule has 0 radical (unpaired) electrons. The van der Waals surface area contributed by atoms with Gasteiger partial charge in [-0.3, -0.25) is 34.2 Å². The number of imide groups is 1. The molecule has 3 amide bonds. The van der Waals surface area contributed by atoms with Gasteiger partial charge in [-0.05, 0) is 93.5 Å². The van der Waals surface area contributed by atoms with E-state index in [-0.39, 0.29) is 11.5 Å². The number of nitrogens with zero attached hydrogens (tertiary/aromatic N) is 5. The molecule has 2 N–H and O–H groups in total. The van der Waals surface area contributed by atoms with Crippen LogP contribution in [0, 0.1) is 0 Å². The van der Waals surface area contributed by atoms with Crippen LogP contribution in [0.3, 0.4) is 0 Å². The fourth-order valence-electron chi connectivity index (χ4n) is 7.98. The third-order valence-electron chi connectivity index (χ3n) is 11.2. The largest absolute Gasteiger partial charge is 0.494 e. The number of piperazine rings is 1. The van der Waals surface area contributed by atoms with Gasteiger partial charge >= 0.3 is 0 Å². The molecule has 0 bridgehead atoms. The number of allylic oxidation sites excluding steroid dienone is 1. The highest BCUT2D eigenvalue weighted by Crippen LogP contribution is 2.32. The van der Waals surface area contributed by atoms with Gasteiger partial charge in [0.15, 0.2) is 0 Å². The van der Waals surface area contributed by atoms with Gasteiger partial charge in [-0.15, -0.1) is 0 Å². The molecule has 8 rings (SSSR count). The third kappa shape index (κ3) is 8.37. The second-order valence-electron chi connectivity index (χ2n) is 15.0. The van der Waals surface area contributed by atoms with E-state index in [2.05, 4.69) is 62.0 Å². The number of benzene rings is 2. The number of fused-ring (bicyclic) bond motifs is 4. The summed E-state index contributed by atoms with van der Waals surface area (Å²) in [6.45, 7) is 12.1. The van der Waals surface area contributed by atoms with Crippen LogP contribution in [0.4, 0.5) is 0 Å². The summed E-state index contributed by atoms with van der Waals surface area (Å²) in [5, 5.41) is 4.99. The van der Waals surface area contributed by atoms with Gasteiger partial charge in [0.1, 0.15) is 11.8 Å².